The summed E-state index contributed by atoms with van der Waals surface area (Å²) in [6.07, 6.45) is 0.860. The number of rotatable bonds is 5. The van der Waals surface area contributed by atoms with Crippen molar-refractivity contribution in [2.75, 3.05) is 5.32 Å². The van der Waals surface area contributed by atoms with Crippen molar-refractivity contribution in [1.29, 1.82) is 0 Å². The van der Waals surface area contributed by atoms with E-state index in [0.29, 0.717) is 11.3 Å². The predicted molar refractivity (Wildman–Crippen MR) is 93.9 cm³/mol. The first-order chi connectivity index (χ1) is 11.3. The molecule has 3 rings (SSSR count). The van der Waals surface area contributed by atoms with Crippen LogP contribution in [0.15, 0.2) is 48.5 Å². The third-order valence-corrected chi connectivity index (χ3v) is 4.92. The van der Waals surface area contributed by atoms with E-state index in [4.69, 9.17) is 5.14 Å². The molecule has 1 aliphatic carbocycles. The Bertz CT molecular complexity index is 860. The Morgan fingerprint density at radius 3 is 2.54 bits per heavy atom. The van der Waals surface area contributed by atoms with Crippen molar-refractivity contribution in [3.05, 3.63) is 65.2 Å². The number of carbonyl (C=O) groups excluding carboxylic acids is 1. The molecule has 126 valence electrons. The van der Waals surface area contributed by atoms with Crippen LogP contribution in [0.4, 0.5) is 5.69 Å². The zero-order valence-corrected chi connectivity index (χ0v) is 14.2. The van der Waals surface area contributed by atoms with Gasteiger partial charge >= 0.3 is 0 Å². The molecule has 2 aromatic rings. The molecule has 1 amide bonds. The average molecular weight is 344 g/mol. The molecule has 2 aromatic carbocycles. The summed E-state index contributed by atoms with van der Waals surface area (Å²) >= 11 is 0. The van der Waals surface area contributed by atoms with Gasteiger partial charge in [0, 0.05) is 11.6 Å². The summed E-state index contributed by atoms with van der Waals surface area (Å²) in [4.78, 5) is 12.3. The Morgan fingerprint density at radius 1 is 1.21 bits per heavy atom. The van der Waals surface area contributed by atoms with Gasteiger partial charge in [-0.1, -0.05) is 42.0 Å². The van der Waals surface area contributed by atoms with Crippen molar-refractivity contribution in [2.45, 2.75) is 25.0 Å². The fourth-order valence-corrected chi connectivity index (χ4v) is 3.56. The second-order valence-electron chi connectivity index (χ2n) is 6.36. The van der Waals surface area contributed by atoms with Crippen LogP contribution in [-0.2, 0) is 20.6 Å². The first kappa shape index (κ1) is 16.7. The number of amides is 1. The van der Waals surface area contributed by atoms with E-state index in [2.05, 4.69) is 17.4 Å². The summed E-state index contributed by atoms with van der Waals surface area (Å²) in [5.41, 5.74) is 3.66. The topological polar surface area (TPSA) is 89.3 Å². The third-order valence-electron chi connectivity index (χ3n) is 4.19. The highest BCUT2D eigenvalue weighted by Gasteiger charge is 2.43. The van der Waals surface area contributed by atoms with Crippen molar-refractivity contribution in [1.82, 2.24) is 0 Å². The minimum atomic E-state index is -3.55. The largest absolute Gasteiger partial charge is 0.326 e. The Kier molecular flexibility index (Phi) is 4.43. The van der Waals surface area contributed by atoms with Crippen molar-refractivity contribution in [3.8, 4) is 0 Å². The molecule has 0 bridgehead atoms. The average Bonchev–Trinajstić information content (AvgIpc) is 3.28. The van der Waals surface area contributed by atoms with E-state index in [9.17, 15) is 13.2 Å². The van der Waals surface area contributed by atoms with Crippen LogP contribution in [-0.4, -0.2) is 14.3 Å². The summed E-state index contributed by atoms with van der Waals surface area (Å²) in [7, 11) is -3.55. The Labute approximate surface area is 141 Å². The summed E-state index contributed by atoms with van der Waals surface area (Å²) < 4.78 is 22.1. The number of aryl methyl sites for hydroxylation is 1. The highest BCUT2D eigenvalue weighted by Crippen LogP contribution is 2.48. The van der Waals surface area contributed by atoms with Gasteiger partial charge in [-0.25, -0.2) is 13.6 Å². The molecule has 24 heavy (non-hydrogen) atoms. The van der Waals surface area contributed by atoms with Gasteiger partial charge in [0.05, 0.1) is 5.75 Å². The number of nitrogens with one attached hydrogen (secondary N) is 1. The molecule has 0 saturated heterocycles. The summed E-state index contributed by atoms with van der Waals surface area (Å²) in [6, 6.07) is 15.0. The molecular formula is C18H20N2O3S. The highest BCUT2D eigenvalue weighted by molar-refractivity contribution is 7.88. The van der Waals surface area contributed by atoms with E-state index in [-0.39, 0.29) is 23.5 Å². The van der Waals surface area contributed by atoms with Crippen LogP contribution in [0.5, 0.6) is 0 Å². The van der Waals surface area contributed by atoms with Crippen LogP contribution in [0, 0.1) is 12.8 Å². The van der Waals surface area contributed by atoms with Gasteiger partial charge in [-0.2, -0.15) is 0 Å². The van der Waals surface area contributed by atoms with Gasteiger partial charge in [0.15, 0.2) is 0 Å². The Hall–Kier alpha value is -2.18. The molecule has 0 aliphatic heterocycles. The summed E-state index contributed by atoms with van der Waals surface area (Å²) in [5.74, 6) is 0.0717. The van der Waals surface area contributed by atoms with E-state index in [1.807, 2.05) is 19.1 Å². The number of carbonyl (C=O) groups is 1. The number of nitrogens with two attached hydrogens (primary N) is 1. The van der Waals surface area contributed by atoms with E-state index in [1.54, 1.807) is 24.3 Å². The molecule has 0 heterocycles. The molecule has 0 unspecified atom stereocenters. The lowest BCUT2D eigenvalue weighted by Gasteiger charge is -2.07. The van der Waals surface area contributed by atoms with Gasteiger partial charge in [0.1, 0.15) is 0 Å². The molecule has 1 fully saturated rings. The van der Waals surface area contributed by atoms with Gasteiger partial charge in [0.2, 0.25) is 15.9 Å². The molecule has 0 spiro atoms. The lowest BCUT2D eigenvalue weighted by atomic mass is 10.1. The third kappa shape index (κ3) is 4.21. The van der Waals surface area contributed by atoms with E-state index < -0.39 is 10.0 Å². The second kappa shape index (κ2) is 6.37. The van der Waals surface area contributed by atoms with Crippen LogP contribution in [0.25, 0.3) is 0 Å². The van der Waals surface area contributed by atoms with Crippen molar-refractivity contribution < 1.29 is 13.2 Å². The maximum atomic E-state index is 12.3. The summed E-state index contributed by atoms with van der Waals surface area (Å²) in [6.45, 7) is 2.05. The highest BCUT2D eigenvalue weighted by atomic mass is 32.2. The minimum absolute atomic E-state index is 0.000650. The minimum Gasteiger partial charge on any atom is -0.326 e. The molecule has 6 heteroatoms. The molecule has 0 radical (unpaired) electrons. The van der Waals surface area contributed by atoms with Gasteiger partial charge in [-0.3, -0.25) is 4.79 Å². The second-order valence-corrected chi connectivity index (χ2v) is 7.97. The van der Waals surface area contributed by atoms with E-state index >= 15 is 0 Å². The van der Waals surface area contributed by atoms with Crippen molar-refractivity contribution >= 4 is 21.6 Å². The molecular weight excluding hydrogens is 324 g/mol. The SMILES string of the molecule is Cc1cccc([C@H]2C[C@@H]2C(=O)Nc2ccc(CS(N)(=O)=O)cc2)c1. The molecule has 1 saturated carbocycles. The zero-order valence-electron chi connectivity index (χ0n) is 13.4. The number of hydrogen-bond acceptors (Lipinski definition) is 3. The van der Waals surface area contributed by atoms with Crippen molar-refractivity contribution in [2.24, 2.45) is 11.1 Å². The van der Waals surface area contributed by atoms with Crippen LogP contribution < -0.4 is 10.5 Å². The maximum absolute atomic E-state index is 12.3. The fourth-order valence-electron chi connectivity index (χ4n) is 2.91. The standard InChI is InChI=1S/C18H20N2O3S/c1-12-3-2-4-14(9-12)16-10-17(16)18(21)20-15-7-5-13(6-8-15)11-24(19,22)23/h2-9,16-17H,10-11H2,1H3,(H,20,21)(H2,19,22,23)/t16-,17+/m1/s1. The van der Waals surface area contributed by atoms with Crippen LogP contribution in [0.2, 0.25) is 0 Å². The van der Waals surface area contributed by atoms with Crippen LogP contribution >= 0.6 is 0 Å². The molecule has 2 atom stereocenters. The van der Waals surface area contributed by atoms with Gasteiger partial charge < -0.3 is 5.32 Å². The number of primary sulfonamides is 1. The number of hydrogen-bond donors (Lipinski definition) is 2. The van der Waals surface area contributed by atoms with Crippen molar-refractivity contribution in [3.63, 3.8) is 0 Å². The fraction of sp³-hybridized carbons (Fsp3) is 0.278. The lowest BCUT2D eigenvalue weighted by Crippen LogP contribution is -2.15. The van der Waals surface area contributed by atoms with Gasteiger partial charge in [-0.05, 0) is 42.5 Å². The Morgan fingerprint density at radius 2 is 1.92 bits per heavy atom. The monoisotopic (exact) mass is 344 g/mol. The number of anilines is 1. The molecule has 5 nitrogen and oxygen atoms in total. The first-order valence-corrected chi connectivity index (χ1v) is 9.50. The maximum Gasteiger partial charge on any atom is 0.228 e. The summed E-state index contributed by atoms with van der Waals surface area (Å²) in [5, 5.41) is 7.91. The van der Waals surface area contributed by atoms with E-state index in [1.165, 1.54) is 11.1 Å². The van der Waals surface area contributed by atoms with Crippen LogP contribution in [0.3, 0.4) is 0 Å². The number of benzene rings is 2. The van der Waals surface area contributed by atoms with Gasteiger partial charge in [0.25, 0.3) is 0 Å². The molecule has 1 aliphatic rings. The van der Waals surface area contributed by atoms with E-state index in [0.717, 1.165) is 6.42 Å². The normalized spacial score (nSPS) is 19.8. The molecule has 0 aromatic heterocycles. The lowest BCUT2D eigenvalue weighted by molar-refractivity contribution is -0.117. The Balaban J connectivity index is 1.60. The van der Waals surface area contributed by atoms with Gasteiger partial charge in [-0.15, -0.1) is 0 Å². The predicted octanol–water partition coefficient (Wildman–Crippen LogP) is 2.53. The number of sulfonamides is 1. The first-order valence-electron chi connectivity index (χ1n) is 7.79. The smallest absolute Gasteiger partial charge is 0.228 e. The quantitative estimate of drug-likeness (QED) is 0.873. The van der Waals surface area contributed by atoms with Crippen LogP contribution in [0.1, 0.15) is 29.0 Å². The molecule has 3 N–H and O–H groups in total. The zero-order chi connectivity index (χ0) is 17.3.